The number of amides is 3. The van der Waals surface area contributed by atoms with Crippen LogP contribution in [0.4, 0.5) is 0 Å². The average molecular weight is 567 g/mol. The Bertz CT molecular complexity index is 997. The van der Waals surface area contributed by atoms with Crippen LogP contribution in [0.15, 0.2) is 49.6 Å². The summed E-state index contributed by atoms with van der Waals surface area (Å²) in [4.78, 5) is 53.0. The first-order valence-electron chi connectivity index (χ1n) is 12.1. The maximum Gasteiger partial charge on any atom is 0.338 e. The fraction of sp³-hybridized carbons (Fsp3) is 0.423. The minimum Gasteiger partial charge on any atom is -1.00 e. The highest BCUT2D eigenvalue weighted by Gasteiger charge is 2.29. The van der Waals surface area contributed by atoms with Gasteiger partial charge < -0.3 is 37.8 Å². The van der Waals surface area contributed by atoms with E-state index in [0.717, 1.165) is 5.56 Å². The highest BCUT2D eigenvalue weighted by Crippen LogP contribution is 2.14. The molecule has 0 saturated carbocycles. The molecule has 0 aliphatic heterocycles. The van der Waals surface area contributed by atoms with Crippen molar-refractivity contribution < 1.29 is 46.1 Å². The quantitative estimate of drug-likeness (QED) is 0.0356. The molecule has 39 heavy (non-hydrogen) atoms. The predicted octanol–water partition coefficient (Wildman–Crippen LogP) is -4.84. The van der Waals surface area contributed by atoms with E-state index in [4.69, 9.17) is 20.9 Å². The Morgan fingerprint density at radius 1 is 0.974 bits per heavy atom. The van der Waals surface area contributed by atoms with E-state index in [2.05, 4.69) is 34.1 Å². The van der Waals surface area contributed by atoms with Crippen molar-refractivity contribution in [2.75, 3.05) is 20.3 Å². The predicted molar refractivity (Wildman–Crippen MR) is 143 cm³/mol. The Morgan fingerprint density at radius 2 is 1.59 bits per heavy atom. The van der Waals surface area contributed by atoms with Crippen LogP contribution >= 0.6 is 0 Å². The second-order valence-corrected chi connectivity index (χ2v) is 8.40. The van der Waals surface area contributed by atoms with E-state index in [1.807, 2.05) is 0 Å². The molecule has 216 valence electrons. The number of nitrogens with one attached hydrogen (secondary N) is 4. The Balaban J connectivity index is 0.0000144. The number of hydrogen-bond donors (Lipinski definition) is 6. The molecule has 0 unspecified atom stereocenters. The molecule has 0 aliphatic carbocycles. The van der Waals surface area contributed by atoms with Crippen LogP contribution in [0.3, 0.4) is 0 Å². The third kappa shape index (κ3) is 13.9. The SMILES string of the molecule is C=CCOc1ccc(C[C@H](NC(C)=O)C(=O)N[C@@H](CCC[NH+]=C(N)N)C(=O)N[C@H](CC=C)C(=O)OC)cc1.[Cl-]. The molecule has 12 nitrogen and oxygen atoms in total. The van der Waals surface area contributed by atoms with Gasteiger partial charge in [-0.25, -0.2) is 4.79 Å². The molecule has 0 bridgehead atoms. The highest BCUT2D eigenvalue weighted by atomic mass is 35.5. The molecule has 1 aromatic carbocycles. The zero-order chi connectivity index (χ0) is 28.5. The molecule has 1 rings (SSSR count). The zero-order valence-electron chi connectivity index (χ0n) is 22.3. The Hall–Kier alpha value is -4.06. The summed E-state index contributed by atoms with van der Waals surface area (Å²) in [6.07, 6.45) is 4.02. The molecule has 3 amide bonds. The molecule has 0 heterocycles. The lowest BCUT2D eigenvalue weighted by Gasteiger charge is -2.24. The number of rotatable bonds is 17. The Morgan fingerprint density at radius 3 is 2.13 bits per heavy atom. The van der Waals surface area contributed by atoms with Gasteiger partial charge in [0.05, 0.1) is 13.7 Å². The van der Waals surface area contributed by atoms with E-state index in [9.17, 15) is 19.2 Å². The van der Waals surface area contributed by atoms with Crippen LogP contribution in [0.5, 0.6) is 5.75 Å². The highest BCUT2D eigenvalue weighted by molar-refractivity contribution is 5.93. The third-order valence-corrected chi connectivity index (χ3v) is 5.26. The third-order valence-electron chi connectivity index (χ3n) is 5.26. The van der Waals surface area contributed by atoms with Crippen LogP contribution in [-0.4, -0.2) is 68.0 Å². The second kappa shape index (κ2) is 19.1. The molecule has 0 radical (unpaired) electrons. The summed E-state index contributed by atoms with van der Waals surface area (Å²) in [6, 6.07) is 4.10. The maximum absolute atomic E-state index is 13.2. The molecule has 0 spiro atoms. The van der Waals surface area contributed by atoms with E-state index >= 15 is 0 Å². The van der Waals surface area contributed by atoms with Crippen molar-refractivity contribution in [2.24, 2.45) is 11.5 Å². The van der Waals surface area contributed by atoms with E-state index in [0.29, 0.717) is 25.3 Å². The molecule has 0 aromatic heterocycles. The monoisotopic (exact) mass is 566 g/mol. The van der Waals surface area contributed by atoms with Crippen molar-refractivity contribution in [1.29, 1.82) is 0 Å². The molecule has 0 fully saturated rings. The van der Waals surface area contributed by atoms with Gasteiger partial charge in [0.1, 0.15) is 30.5 Å². The first-order chi connectivity index (χ1) is 18.1. The first-order valence-corrected chi connectivity index (χ1v) is 12.1. The molecule has 0 saturated heterocycles. The van der Waals surface area contributed by atoms with Crippen LogP contribution < -0.4 is 49.6 Å². The molecular weight excluding hydrogens is 528 g/mol. The number of benzene rings is 1. The number of esters is 1. The maximum atomic E-state index is 13.2. The van der Waals surface area contributed by atoms with Gasteiger partial charge >= 0.3 is 11.9 Å². The van der Waals surface area contributed by atoms with Crippen molar-refractivity contribution >= 4 is 29.7 Å². The molecule has 1 aromatic rings. The van der Waals surface area contributed by atoms with Gasteiger partial charge in [-0.3, -0.25) is 30.8 Å². The van der Waals surface area contributed by atoms with Crippen LogP contribution in [0.1, 0.15) is 31.7 Å². The summed E-state index contributed by atoms with van der Waals surface area (Å²) in [7, 11) is 1.21. The van der Waals surface area contributed by atoms with E-state index < -0.39 is 41.8 Å². The van der Waals surface area contributed by atoms with Crippen molar-refractivity contribution in [1.82, 2.24) is 16.0 Å². The van der Waals surface area contributed by atoms with Gasteiger partial charge in [-0.15, -0.1) is 6.58 Å². The zero-order valence-corrected chi connectivity index (χ0v) is 23.1. The lowest BCUT2D eigenvalue weighted by molar-refractivity contribution is -0.459. The fourth-order valence-corrected chi connectivity index (χ4v) is 3.44. The number of carbonyl (C=O) groups is 4. The smallest absolute Gasteiger partial charge is 0.338 e. The number of halogens is 1. The number of carbonyl (C=O) groups excluding carboxylic acids is 4. The van der Waals surface area contributed by atoms with Crippen LogP contribution in [-0.2, 0) is 30.3 Å². The molecular formula is C26H39ClN6O6. The lowest BCUT2D eigenvalue weighted by Crippen LogP contribution is -3.00. The van der Waals surface area contributed by atoms with Gasteiger partial charge in [-0.2, -0.15) is 0 Å². The topological polar surface area (TPSA) is 189 Å². The number of hydrogen-bond acceptors (Lipinski definition) is 6. The summed E-state index contributed by atoms with van der Waals surface area (Å²) in [6.45, 7) is 9.20. The molecule has 8 N–H and O–H groups in total. The number of ether oxygens (including phenoxy) is 2. The largest absolute Gasteiger partial charge is 1.00 e. The lowest BCUT2D eigenvalue weighted by atomic mass is 10.0. The minimum absolute atomic E-state index is 0. The summed E-state index contributed by atoms with van der Waals surface area (Å²) >= 11 is 0. The van der Waals surface area contributed by atoms with Crippen LogP contribution in [0.2, 0.25) is 0 Å². The van der Waals surface area contributed by atoms with Crippen molar-refractivity contribution in [3.8, 4) is 5.75 Å². The summed E-state index contributed by atoms with van der Waals surface area (Å²) in [5.41, 5.74) is 11.6. The minimum atomic E-state index is -1.02. The molecule has 13 heteroatoms. The van der Waals surface area contributed by atoms with Gasteiger partial charge in [0.25, 0.3) is 0 Å². The molecule has 0 aliphatic rings. The second-order valence-electron chi connectivity index (χ2n) is 8.40. The van der Waals surface area contributed by atoms with Gasteiger partial charge in [-0.1, -0.05) is 30.9 Å². The average Bonchev–Trinajstić information content (AvgIpc) is 2.88. The Kier molecular flexibility index (Phi) is 17.1. The molecule has 3 atom stereocenters. The first kappa shape index (κ1) is 34.9. The number of guanidine groups is 1. The van der Waals surface area contributed by atoms with Gasteiger partial charge in [0.2, 0.25) is 17.7 Å². The van der Waals surface area contributed by atoms with E-state index in [1.54, 1.807) is 30.3 Å². The van der Waals surface area contributed by atoms with Gasteiger partial charge in [0.15, 0.2) is 0 Å². The van der Waals surface area contributed by atoms with Crippen LogP contribution in [0.25, 0.3) is 0 Å². The standard InChI is InChI=1S/C26H38N6O6.ClH/c1-5-8-21(25(36)37-4)32-23(34)20(9-7-14-29-26(27)28)31-24(35)22(30-17(3)33)16-18-10-12-19(13-11-18)38-15-6-2;/h5-6,10-13,20-22H,1-2,7-9,14-16H2,3-4H3,(H,30,33)(H,31,35)(H,32,34)(H4,27,28,29);1H/t20-,21+,22-;/m0./s1. The summed E-state index contributed by atoms with van der Waals surface area (Å²) in [5.74, 6) is -1.55. The van der Waals surface area contributed by atoms with Crippen LogP contribution in [0, 0.1) is 0 Å². The summed E-state index contributed by atoms with van der Waals surface area (Å²) in [5, 5.41) is 7.92. The normalized spacial score (nSPS) is 12.3. The Labute approximate surface area is 235 Å². The number of nitrogens with two attached hydrogens (primary N) is 2. The van der Waals surface area contributed by atoms with Gasteiger partial charge in [0, 0.05) is 13.3 Å². The van der Waals surface area contributed by atoms with E-state index in [-0.39, 0.29) is 37.6 Å². The van der Waals surface area contributed by atoms with Gasteiger partial charge in [-0.05, 0) is 37.0 Å². The van der Waals surface area contributed by atoms with Crippen molar-refractivity contribution in [3.63, 3.8) is 0 Å². The van der Waals surface area contributed by atoms with Crippen molar-refractivity contribution in [2.45, 2.75) is 50.7 Å². The summed E-state index contributed by atoms with van der Waals surface area (Å²) < 4.78 is 10.2. The van der Waals surface area contributed by atoms with Crippen molar-refractivity contribution in [3.05, 3.63) is 55.1 Å². The fourth-order valence-electron chi connectivity index (χ4n) is 3.44. The van der Waals surface area contributed by atoms with E-state index in [1.165, 1.54) is 20.1 Å². The number of methoxy groups -OCH3 is 1.